The second kappa shape index (κ2) is 6.72. The number of allylic oxidation sites excluding steroid dienone is 3. The molecule has 0 bridgehead atoms. The molecule has 0 heterocycles. The predicted octanol–water partition coefficient (Wildman–Crippen LogP) is 5.07. The minimum absolute atomic E-state index is 0.639. The van der Waals surface area contributed by atoms with Crippen LogP contribution < -0.4 is 0 Å². The Kier molecular flexibility index (Phi) is 4.72. The first-order chi connectivity index (χ1) is 9.31. The Labute approximate surface area is 121 Å². The molecule has 1 nitrogen and oxygen atoms in total. The first kappa shape index (κ1) is 13.3. The van der Waals surface area contributed by atoms with Crippen LogP contribution in [-0.4, -0.2) is 0 Å². The van der Waals surface area contributed by atoms with Crippen molar-refractivity contribution < 1.29 is 0 Å². The molecular formula is C17H12BrN. The monoisotopic (exact) mass is 309 g/mol. The Balaban J connectivity index is 2.24. The fourth-order valence-electron chi connectivity index (χ4n) is 1.69. The molecule has 0 radical (unpaired) electrons. The van der Waals surface area contributed by atoms with Crippen LogP contribution >= 0.6 is 15.9 Å². The summed E-state index contributed by atoms with van der Waals surface area (Å²) in [7, 11) is 0. The molecule has 0 aliphatic rings. The number of halogens is 1. The lowest BCUT2D eigenvalue weighted by atomic mass is 10.1. The van der Waals surface area contributed by atoms with Gasteiger partial charge in [0, 0.05) is 10.0 Å². The van der Waals surface area contributed by atoms with Gasteiger partial charge in [0.1, 0.15) is 0 Å². The molecular weight excluding hydrogens is 298 g/mol. The molecule has 0 N–H and O–H groups in total. The number of hydrogen-bond donors (Lipinski definition) is 0. The molecule has 0 fully saturated rings. The van der Waals surface area contributed by atoms with Crippen LogP contribution in [0.25, 0.3) is 11.6 Å². The van der Waals surface area contributed by atoms with Crippen LogP contribution in [0.3, 0.4) is 0 Å². The predicted molar refractivity (Wildman–Crippen MR) is 83.2 cm³/mol. The summed E-state index contributed by atoms with van der Waals surface area (Å²) in [5, 5.41) is 9.23. The normalized spacial score (nSPS) is 11.5. The summed E-state index contributed by atoms with van der Waals surface area (Å²) < 4.78 is 0.927. The zero-order chi connectivity index (χ0) is 13.5. The molecule has 19 heavy (non-hydrogen) atoms. The molecule has 0 aromatic heterocycles. The maximum Gasteiger partial charge on any atom is 0.0998 e. The molecule has 2 aromatic rings. The van der Waals surface area contributed by atoms with Crippen molar-refractivity contribution in [2.24, 2.45) is 0 Å². The van der Waals surface area contributed by atoms with E-state index in [1.165, 1.54) is 0 Å². The molecule has 0 aliphatic heterocycles. The van der Waals surface area contributed by atoms with Crippen molar-refractivity contribution in [3.05, 3.63) is 82.3 Å². The summed E-state index contributed by atoms with van der Waals surface area (Å²) >= 11 is 3.46. The van der Waals surface area contributed by atoms with Crippen LogP contribution in [0.2, 0.25) is 0 Å². The van der Waals surface area contributed by atoms with Gasteiger partial charge in [-0.3, -0.25) is 0 Å². The highest BCUT2D eigenvalue weighted by Crippen LogP contribution is 2.23. The van der Waals surface area contributed by atoms with Crippen LogP contribution in [0.15, 0.2) is 71.2 Å². The highest BCUT2D eigenvalue weighted by molar-refractivity contribution is 9.10. The van der Waals surface area contributed by atoms with Gasteiger partial charge in [0.25, 0.3) is 0 Å². The standard InChI is InChI=1S/C17H12BrN/c18-17-12-5-4-11-16(17)15(13-19)10-6-9-14-7-2-1-3-8-14/h1-12H. The van der Waals surface area contributed by atoms with Crippen LogP contribution in [0, 0.1) is 11.3 Å². The second-order valence-corrected chi connectivity index (χ2v) is 4.80. The van der Waals surface area contributed by atoms with E-state index in [2.05, 4.69) is 22.0 Å². The van der Waals surface area contributed by atoms with Crippen molar-refractivity contribution in [1.82, 2.24) is 0 Å². The van der Waals surface area contributed by atoms with Gasteiger partial charge in [0.05, 0.1) is 11.6 Å². The van der Waals surface area contributed by atoms with Crippen LogP contribution in [0.1, 0.15) is 11.1 Å². The molecule has 0 unspecified atom stereocenters. The Morgan fingerprint density at radius 1 is 1.00 bits per heavy atom. The summed E-state index contributed by atoms with van der Waals surface area (Å²) in [6.07, 6.45) is 5.70. The smallest absolute Gasteiger partial charge is 0.0998 e. The third kappa shape index (κ3) is 3.67. The third-order valence-corrected chi connectivity index (χ3v) is 3.33. The van der Waals surface area contributed by atoms with Crippen molar-refractivity contribution in [1.29, 1.82) is 5.26 Å². The molecule has 2 aromatic carbocycles. The van der Waals surface area contributed by atoms with Crippen molar-refractivity contribution >= 4 is 27.6 Å². The van der Waals surface area contributed by atoms with Crippen molar-refractivity contribution in [2.75, 3.05) is 0 Å². The van der Waals surface area contributed by atoms with Crippen molar-refractivity contribution in [2.45, 2.75) is 0 Å². The number of hydrogen-bond acceptors (Lipinski definition) is 1. The van der Waals surface area contributed by atoms with Crippen LogP contribution in [0.5, 0.6) is 0 Å². The van der Waals surface area contributed by atoms with Gasteiger partial charge in [0.2, 0.25) is 0 Å². The number of benzene rings is 2. The molecule has 2 rings (SSSR count). The maximum absolute atomic E-state index is 9.23. The van der Waals surface area contributed by atoms with E-state index in [1.807, 2.05) is 72.8 Å². The van der Waals surface area contributed by atoms with Crippen LogP contribution in [0.4, 0.5) is 0 Å². The van der Waals surface area contributed by atoms with Gasteiger partial charge in [0.15, 0.2) is 0 Å². The van der Waals surface area contributed by atoms with Gasteiger partial charge in [-0.2, -0.15) is 5.26 Å². The summed E-state index contributed by atoms with van der Waals surface area (Å²) in [5.41, 5.74) is 2.66. The highest BCUT2D eigenvalue weighted by atomic mass is 79.9. The average molecular weight is 310 g/mol. The SMILES string of the molecule is N#CC(=CC=Cc1ccccc1)c1ccccc1Br. The van der Waals surface area contributed by atoms with Gasteiger partial charge in [-0.05, 0) is 17.7 Å². The Bertz CT molecular complexity index is 648. The van der Waals surface area contributed by atoms with E-state index < -0.39 is 0 Å². The molecule has 0 saturated carbocycles. The third-order valence-electron chi connectivity index (χ3n) is 2.64. The first-order valence-corrected chi connectivity index (χ1v) is 6.69. The van der Waals surface area contributed by atoms with E-state index >= 15 is 0 Å². The largest absolute Gasteiger partial charge is 0.192 e. The van der Waals surface area contributed by atoms with E-state index in [9.17, 15) is 5.26 Å². The second-order valence-electron chi connectivity index (χ2n) is 3.94. The lowest BCUT2D eigenvalue weighted by molar-refractivity contribution is 1.51. The lowest BCUT2D eigenvalue weighted by Gasteiger charge is -2.00. The molecule has 0 aliphatic carbocycles. The maximum atomic E-state index is 9.23. The topological polar surface area (TPSA) is 23.8 Å². The average Bonchev–Trinajstić information content (AvgIpc) is 2.46. The molecule has 0 amide bonds. The Morgan fingerprint density at radius 2 is 1.68 bits per heavy atom. The van der Waals surface area contributed by atoms with Crippen molar-refractivity contribution in [3.63, 3.8) is 0 Å². The van der Waals surface area contributed by atoms with Gasteiger partial charge in [-0.1, -0.05) is 76.6 Å². The molecule has 2 heteroatoms. The van der Waals surface area contributed by atoms with Gasteiger partial charge in [-0.25, -0.2) is 0 Å². The summed E-state index contributed by atoms with van der Waals surface area (Å²) in [6, 6.07) is 19.9. The van der Waals surface area contributed by atoms with Gasteiger partial charge < -0.3 is 0 Å². The Morgan fingerprint density at radius 3 is 2.37 bits per heavy atom. The Hall–Kier alpha value is -2.11. The minimum atomic E-state index is 0.639. The van der Waals surface area contributed by atoms with Crippen LogP contribution in [-0.2, 0) is 0 Å². The summed E-state index contributed by atoms with van der Waals surface area (Å²) in [6.45, 7) is 0. The first-order valence-electron chi connectivity index (χ1n) is 5.89. The molecule has 92 valence electrons. The fraction of sp³-hybridized carbons (Fsp3) is 0. The van der Waals surface area contributed by atoms with Gasteiger partial charge >= 0.3 is 0 Å². The van der Waals surface area contributed by atoms with E-state index in [4.69, 9.17) is 0 Å². The highest BCUT2D eigenvalue weighted by Gasteiger charge is 2.02. The number of nitriles is 1. The van der Waals surface area contributed by atoms with E-state index in [1.54, 1.807) is 0 Å². The molecule has 0 spiro atoms. The van der Waals surface area contributed by atoms with E-state index in [0.717, 1.165) is 15.6 Å². The number of nitrogens with zero attached hydrogens (tertiary/aromatic N) is 1. The van der Waals surface area contributed by atoms with E-state index in [-0.39, 0.29) is 0 Å². The fourth-order valence-corrected chi connectivity index (χ4v) is 2.18. The van der Waals surface area contributed by atoms with E-state index in [0.29, 0.717) is 5.57 Å². The van der Waals surface area contributed by atoms with Crippen molar-refractivity contribution in [3.8, 4) is 6.07 Å². The molecule has 0 saturated heterocycles. The zero-order valence-electron chi connectivity index (χ0n) is 10.3. The summed E-state index contributed by atoms with van der Waals surface area (Å²) in [4.78, 5) is 0. The number of rotatable bonds is 3. The summed E-state index contributed by atoms with van der Waals surface area (Å²) in [5.74, 6) is 0. The molecule has 0 atom stereocenters. The minimum Gasteiger partial charge on any atom is -0.192 e. The van der Waals surface area contributed by atoms with Gasteiger partial charge in [-0.15, -0.1) is 0 Å². The lowest BCUT2D eigenvalue weighted by Crippen LogP contribution is -1.82. The zero-order valence-corrected chi connectivity index (χ0v) is 11.8. The quantitative estimate of drug-likeness (QED) is 0.573.